The van der Waals surface area contributed by atoms with E-state index in [9.17, 15) is 14.0 Å². The monoisotopic (exact) mass is 526 g/mol. The van der Waals surface area contributed by atoms with Crippen LogP contribution in [0.25, 0.3) is 0 Å². The van der Waals surface area contributed by atoms with Gasteiger partial charge in [-0.15, -0.1) is 11.8 Å². The summed E-state index contributed by atoms with van der Waals surface area (Å²) in [6, 6.07) is 22.9. The summed E-state index contributed by atoms with van der Waals surface area (Å²) in [6.45, 7) is 2.90. The van der Waals surface area contributed by atoms with E-state index in [1.165, 1.54) is 17.8 Å². The molecular formula is C29H32ClFN2O2S. The molecule has 0 aliphatic rings. The molecule has 190 valence electrons. The molecule has 3 aromatic carbocycles. The average molecular weight is 527 g/mol. The van der Waals surface area contributed by atoms with Crippen LogP contribution in [0.3, 0.4) is 0 Å². The number of nitrogens with zero attached hydrogens (tertiary/aromatic N) is 1. The maximum absolute atomic E-state index is 14.0. The van der Waals surface area contributed by atoms with Crippen LogP contribution in [0.5, 0.6) is 0 Å². The maximum Gasteiger partial charge on any atom is 0.243 e. The Kier molecular flexibility index (Phi) is 11.3. The van der Waals surface area contributed by atoms with Gasteiger partial charge in [0.05, 0.1) is 5.75 Å². The fourth-order valence-electron chi connectivity index (χ4n) is 3.79. The molecule has 0 saturated carbocycles. The highest BCUT2D eigenvalue weighted by atomic mass is 35.5. The molecule has 0 saturated heterocycles. The smallest absolute Gasteiger partial charge is 0.243 e. The number of thioether (sulfide) groups is 1. The molecule has 3 rings (SSSR count). The third kappa shape index (κ3) is 8.68. The van der Waals surface area contributed by atoms with Gasteiger partial charge in [0.15, 0.2) is 0 Å². The molecule has 36 heavy (non-hydrogen) atoms. The topological polar surface area (TPSA) is 49.4 Å². The molecule has 0 radical (unpaired) electrons. The second-order valence-electron chi connectivity index (χ2n) is 8.58. The lowest BCUT2D eigenvalue weighted by molar-refractivity contribution is -0.139. The van der Waals surface area contributed by atoms with Crippen molar-refractivity contribution in [3.63, 3.8) is 0 Å². The lowest BCUT2D eigenvalue weighted by atomic mass is 10.0. The summed E-state index contributed by atoms with van der Waals surface area (Å²) in [5.41, 5.74) is 2.41. The van der Waals surface area contributed by atoms with E-state index in [0.717, 1.165) is 24.0 Å². The van der Waals surface area contributed by atoms with Crippen LogP contribution >= 0.6 is 23.4 Å². The number of hydrogen-bond acceptors (Lipinski definition) is 3. The fourth-order valence-corrected chi connectivity index (χ4v) is 4.82. The van der Waals surface area contributed by atoms with Crippen molar-refractivity contribution in [2.75, 3.05) is 12.3 Å². The third-order valence-electron chi connectivity index (χ3n) is 5.81. The number of amides is 2. The van der Waals surface area contributed by atoms with E-state index < -0.39 is 6.04 Å². The van der Waals surface area contributed by atoms with E-state index in [2.05, 4.69) is 12.2 Å². The predicted octanol–water partition coefficient (Wildman–Crippen LogP) is 6.27. The van der Waals surface area contributed by atoms with Crippen LogP contribution in [0, 0.1) is 5.82 Å². The Bertz CT molecular complexity index is 1110. The van der Waals surface area contributed by atoms with Crippen molar-refractivity contribution in [1.82, 2.24) is 10.2 Å². The molecule has 0 unspecified atom stereocenters. The predicted molar refractivity (Wildman–Crippen MR) is 146 cm³/mol. The van der Waals surface area contributed by atoms with Gasteiger partial charge in [-0.3, -0.25) is 9.59 Å². The molecule has 0 heterocycles. The second-order valence-corrected chi connectivity index (χ2v) is 10.0. The number of benzene rings is 3. The van der Waals surface area contributed by atoms with Crippen molar-refractivity contribution in [2.45, 2.75) is 44.5 Å². The highest BCUT2D eigenvalue weighted by Crippen LogP contribution is 2.20. The standard InChI is InChI=1S/C29H32ClFN2O2S/c1-2-3-17-32-29(35)27(18-22-9-5-4-6-10-22)33(19-23-13-15-25(30)16-14-23)28(34)21-36-20-24-11-7-8-12-26(24)31/h4-16,27H,2-3,17-21H2,1H3,(H,32,35)/t27-/m0/s1. The number of unbranched alkanes of at least 4 members (excludes halogenated alkanes) is 1. The van der Waals surface area contributed by atoms with Gasteiger partial charge in [-0.2, -0.15) is 0 Å². The van der Waals surface area contributed by atoms with E-state index in [1.54, 1.807) is 35.2 Å². The first-order valence-electron chi connectivity index (χ1n) is 12.1. The number of hydrogen-bond donors (Lipinski definition) is 1. The van der Waals surface area contributed by atoms with Gasteiger partial charge in [0.1, 0.15) is 11.9 Å². The minimum Gasteiger partial charge on any atom is -0.354 e. The van der Waals surface area contributed by atoms with Crippen molar-refractivity contribution in [3.05, 3.63) is 106 Å². The summed E-state index contributed by atoms with van der Waals surface area (Å²) >= 11 is 7.41. The van der Waals surface area contributed by atoms with Crippen LogP contribution in [0.2, 0.25) is 5.02 Å². The number of carbonyl (C=O) groups is 2. The zero-order valence-corrected chi connectivity index (χ0v) is 22.0. The van der Waals surface area contributed by atoms with E-state index in [4.69, 9.17) is 11.6 Å². The first-order chi connectivity index (χ1) is 17.5. The molecule has 1 atom stereocenters. The SMILES string of the molecule is CCCCNC(=O)[C@H](Cc1ccccc1)N(Cc1ccc(Cl)cc1)C(=O)CSCc1ccccc1F. The Morgan fingerprint density at radius 3 is 2.36 bits per heavy atom. The Balaban J connectivity index is 1.83. The average Bonchev–Trinajstić information content (AvgIpc) is 2.89. The molecule has 7 heteroatoms. The highest BCUT2D eigenvalue weighted by molar-refractivity contribution is 7.99. The van der Waals surface area contributed by atoms with Crippen LogP contribution in [0.4, 0.5) is 4.39 Å². The van der Waals surface area contributed by atoms with Crippen LogP contribution in [0.15, 0.2) is 78.9 Å². The third-order valence-corrected chi connectivity index (χ3v) is 7.03. The Labute approximate surface area is 222 Å². The molecule has 0 aromatic heterocycles. The summed E-state index contributed by atoms with van der Waals surface area (Å²) in [5, 5.41) is 3.62. The zero-order chi connectivity index (χ0) is 25.8. The minimum absolute atomic E-state index is 0.134. The van der Waals surface area contributed by atoms with Gasteiger partial charge in [-0.05, 0) is 41.3 Å². The van der Waals surface area contributed by atoms with Gasteiger partial charge in [0, 0.05) is 30.3 Å². The molecule has 0 spiro atoms. The lowest BCUT2D eigenvalue weighted by Gasteiger charge is -2.31. The first-order valence-corrected chi connectivity index (χ1v) is 13.7. The molecule has 2 amide bonds. The van der Waals surface area contributed by atoms with Crippen molar-refractivity contribution in [2.24, 2.45) is 0 Å². The fraction of sp³-hybridized carbons (Fsp3) is 0.310. The zero-order valence-electron chi connectivity index (χ0n) is 20.5. The Morgan fingerprint density at radius 2 is 1.67 bits per heavy atom. The van der Waals surface area contributed by atoms with Crippen LogP contribution in [0.1, 0.15) is 36.5 Å². The summed E-state index contributed by atoms with van der Waals surface area (Å²) in [6.07, 6.45) is 2.23. The van der Waals surface area contributed by atoms with Crippen molar-refractivity contribution < 1.29 is 14.0 Å². The Morgan fingerprint density at radius 1 is 0.972 bits per heavy atom. The maximum atomic E-state index is 14.0. The molecular weight excluding hydrogens is 495 g/mol. The number of carbonyl (C=O) groups excluding carboxylic acids is 2. The summed E-state index contributed by atoms with van der Waals surface area (Å²) < 4.78 is 14.0. The largest absolute Gasteiger partial charge is 0.354 e. The normalized spacial score (nSPS) is 11.6. The number of rotatable bonds is 13. The van der Waals surface area contributed by atoms with E-state index in [0.29, 0.717) is 29.3 Å². The summed E-state index contributed by atoms with van der Waals surface area (Å²) in [4.78, 5) is 28.6. The second kappa shape index (κ2) is 14.7. The van der Waals surface area contributed by atoms with Gasteiger partial charge >= 0.3 is 0 Å². The molecule has 4 nitrogen and oxygen atoms in total. The van der Waals surface area contributed by atoms with Crippen molar-refractivity contribution in [1.29, 1.82) is 0 Å². The summed E-state index contributed by atoms with van der Waals surface area (Å²) in [7, 11) is 0. The van der Waals surface area contributed by atoms with E-state index >= 15 is 0 Å². The molecule has 0 fully saturated rings. The number of nitrogens with one attached hydrogen (secondary N) is 1. The van der Waals surface area contributed by atoms with E-state index in [1.807, 2.05) is 42.5 Å². The van der Waals surface area contributed by atoms with Gasteiger partial charge in [0.2, 0.25) is 11.8 Å². The Hall–Kier alpha value is -2.83. The lowest BCUT2D eigenvalue weighted by Crippen LogP contribution is -2.51. The molecule has 1 N–H and O–H groups in total. The van der Waals surface area contributed by atoms with E-state index in [-0.39, 0.29) is 29.9 Å². The molecule has 0 aliphatic carbocycles. The van der Waals surface area contributed by atoms with Crippen molar-refractivity contribution >= 4 is 35.2 Å². The highest BCUT2D eigenvalue weighted by Gasteiger charge is 2.30. The number of halogens is 2. The quantitative estimate of drug-likeness (QED) is 0.267. The molecule has 0 aliphatic heterocycles. The van der Waals surface area contributed by atoms with Gasteiger partial charge in [0.25, 0.3) is 0 Å². The first kappa shape index (κ1) is 27.8. The van der Waals surface area contributed by atoms with Gasteiger partial charge < -0.3 is 10.2 Å². The minimum atomic E-state index is -0.679. The van der Waals surface area contributed by atoms with Gasteiger partial charge in [-0.25, -0.2) is 4.39 Å². The molecule has 3 aromatic rings. The van der Waals surface area contributed by atoms with Crippen LogP contribution in [-0.2, 0) is 28.3 Å². The van der Waals surface area contributed by atoms with Gasteiger partial charge in [-0.1, -0.05) is 85.6 Å². The van der Waals surface area contributed by atoms with Crippen LogP contribution < -0.4 is 5.32 Å². The molecule has 0 bridgehead atoms. The van der Waals surface area contributed by atoms with Crippen molar-refractivity contribution in [3.8, 4) is 0 Å². The summed E-state index contributed by atoms with van der Waals surface area (Å²) in [5.74, 6) is -0.117. The van der Waals surface area contributed by atoms with Crippen LogP contribution in [-0.4, -0.2) is 35.1 Å².